The van der Waals surface area contributed by atoms with E-state index in [9.17, 15) is 24.0 Å². The van der Waals surface area contributed by atoms with Gasteiger partial charge in [0.15, 0.2) is 29.0 Å². The van der Waals surface area contributed by atoms with E-state index in [1.807, 2.05) is 130 Å². The van der Waals surface area contributed by atoms with Gasteiger partial charge in [0.1, 0.15) is 16.8 Å². The lowest BCUT2D eigenvalue weighted by Crippen LogP contribution is -2.49. The highest BCUT2D eigenvalue weighted by molar-refractivity contribution is 8.04. The Kier molecular flexibility index (Phi) is 26.9. The van der Waals surface area contributed by atoms with E-state index in [2.05, 4.69) is 246 Å². The van der Waals surface area contributed by atoms with Gasteiger partial charge in [0, 0.05) is 95.7 Å². The number of hydrogen-bond donors (Lipinski definition) is 0. The number of ether oxygens (including phenoxy) is 1. The average molecular weight is 1330 g/mol. The van der Waals surface area contributed by atoms with Gasteiger partial charge in [-0.05, 0) is 132 Å². The van der Waals surface area contributed by atoms with Crippen LogP contribution >= 0.6 is 11.8 Å². The monoisotopic (exact) mass is 1330 g/mol. The van der Waals surface area contributed by atoms with Crippen molar-refractivity contribution >= 4 is 40.7 Å². The molecule has 2 aliphatic rings. The number of carbonyl (C=O) groups excluding carboxylic acids is 5. The molecule has 0 bridgehead atoms. The Morgan fingerprint density at radius 3 is 1.16 bits per heavy atom. The number of hydrogen-bond acceptors (Lipinski definition) is 11. The molecule has 14 heteroatoms. The first kappa shape index (κ1) is 87.3. The van der Waals surface area contributed by atoms with E-state index in [0.29, 0.717) is 17.3 Å². The van der Waals surface area contributed by atoms with Gasteiger partial charge in [-0.1, -0.05) is 213 Å². The SMILES string of the molecule is CC(C)(C)C(=O)C1OC(C(C)(C)C)=CN1C(C)(C)C.CC(C)(C)C(=O)C1SC(C(C)(C)C)=CN1C(C)(C)C.CC(C)(C)C(=O)c1cc(C(C)(C)C)cn1C(C)(C)C.CC(C)(C)C(=O)c1cc(C(C)(C)C)nn1C(C)(C)C.CC(C)C(=O)c1nc(C(C)(C)C)cn1C(C)(C)C. The number of carbonyl (C=O) groups is 5. The van der Waals surface area contributed by atoms with Crippen molar-refractivity contribution in [1.82, 2.24) is 33.7 Å². The number of rotatable bonds is 6. The highest BCUT2D eigenvalue weighted by atomic mass is 32.2. The van der Waals surface area contributed by atoms with Crippen LogP contribution in [-0.4, -0.2) is 85.3 Å². The fraction of sp³-hybridized carbons (Fsp3) is 0.762. The van der Waals surface area contributed by atoms with Crippen molar-refractivity contribution in [2.24, 2.45) is 38.4 Å². The van der Waals surface area contributed by atoms with Crippen LogP contribution in [-0.2, 0) is 47.2 Å². The van der Waals surface area contributed by atoms with E-state index in [0.717, 1.165) is 22.8 Å². The maximum absolute atomic E-state index is 12.7. The molecule has 2 aliphatic heterocycles. The predicted molar refractivity (Wildman–Crippen MR) is 400 cm³/mol. The van der Waals surface area contributed by atoms with Gasteiger partial charge in [-0.3, -0.25) is 28.7 Å². The zero-order valence-corrected chi connectivity index (χ0v) is 69.5. The summed E-state index contributed by atoms with van der Waals surface area (Å²) >= 11 is 1.73. The minimum atomic E-state index is -0.505. The van der Waals surface area contributed by atoms with Gasteiger partial charge >= 0.3 is 0 Å². The van der Waals surface area contributed by atoms with Crippen LogP contribution in [0.4, 0.5) is 0 Å². The quantitative estimate of drug-likeness (QED) is 0.218. The lowest BCUT2D eigenvalue weighted by molar-refractivity contribution is -0.145. The van der Waals surface area contributed by atoms with Crippen LogP contribution in [0.25, 0.3) is 0 Å². The third-order valence-electron chi connectivity index (χ3n) is 15.7. The summed E-state index contributed by atoms with van der Waals surface area (Å²) in [6.45, 7) is 91.3. The number of allylic oxidation sites excluding steroid dienone is 2. The number of nitrogens with zero attached hydrogens (tertiary/aromatic N) is 7. The summed E-state index contributed by atoms with van der Waals surface area (Å²) in [4.78, 5) is 73.0. The lowest BCUT2D eigenvalue weighted by Gasteiger charge is -2.38. The smallest absolute Gasteiger partial charge is 0.232 e. The van der Waals surface area contributed by atoms with E-state index in [4.69, 9.17) is 4.74 Å². The van der Waals surface area contributed by atoms with E-state index in [-0.39, 0.29) is 100 Å². The fourth-order valence-electron chi connectivity index (χ4n) is 9.21. The first-order valence-electron chi connectivity index (χ1n) is 34.4. The Balaban J connectivity index is 0.000000588. The number of ketones is 5. The molecule has 5 rings (SSSR count). The Labute approximate surface area is 580 Å². The van der Waals surface area contributed by atoms with Gasteiger partial charge < -0.3 is 23.7 Å². The summed E-state index contributed by atoms with van der Waals surface area (Å²) in [5.74, 6) is 2.33. The van der Waals surface area contributed by atoms with Crippen molar-refractivity contribution in [2.45, 2.75) is 360 Å². The molecule has 0 saturated heterocycles. The molecule has 0 radical (unpaired) electrons. The summed E-state index contributed by atoms with van der Waals surface area (Å²) in [5.41, 5.74) is 2.64. The number of aromatic nitrogens is 5. The number of Topliss-reactive ketones (excluding diaryl/α,β-unsaturated/α-hetero) is 5. The molecule has 94 heavy (non-hydrogen) atoms. The van der Waals surface area contributed by atoms with E-state index < -0.39 is 17.1 Å². The second-order valence-electron chi connectivity index (χ2n) is 40.9. The largest absolute Gasteiger partial charge is 0.465 e. The second kappa shape index (κ2) is 29.0. The summed E-state index contributed by atoms with van der Waals surface area (Å²) < 4.78 is 12.0. The molecule has 2 unspecified atom stereocenters. The molecule has 0 aliphatic carbocycles. The molecule has 3 aromatic heterocycles. The molecule has 538 valence electrons. The molecule has 0 fully saturated rings. The number of thioether (sulfide) groups is 1. The van der Waals surface area contributed by atoms with Crippen molar-refractivity contribution in [1.29, 1.82) is 0 Å². The van der Waals surface area contributed by atoms with Gasteiger partial charge in [0.2, 0.25) is 12.0 Å². The Morgan fingerprint density at radius 1 is 0.426 bits per heavy atom. The van der Waals surface area contributed by atoms with Gasteiger partial charge in [-0.15, -0.1) is 0 Å². The normalized spacial score (nSPS) is 16.7. The third kappa shape index (κ3) is 24.4. The highest BCUT2D eigenvalue weighted by Gasteiger charge is 2.46. The fourth-order valence-corrected chi connectivity index (χ4v) is 10.9. The van der Waals surface area contributed by atoms with Gasteiger partial charge in [-0.2, -0.15) is 5.10 Å². The van der Waals surface area contributed by atoms with E-state index in [1.165, 1.54) is 10.5 Å². The standard InChI is InChI=1S/C17H29NO.C16H28N2O.C16H29NO2.C16H29NOS.C15H26N2O/c1-15(2,3)12-10-13(14(19)16(4,5)6)18(11-12)17(7,8)9;1-14(2,3)12-10-11(13(19)15(4,5)6)18(17-12)16(7,8)9;2*1-14(2,3)11-10-17(16(7,8)9)13(19-11)12(18)15(4,5)6;1-10(2)12(18)13-16-11(14(3,4)5)9-17(13)15(6,7)8/h10-11H,1-9H3;10H,1-9H3;2*10,13H,1-9H3;9-10H,1-8H3. The molecule has 0 saturated carbocycles. The van der Waals surface area contributed by atoms with Gasteiger partial charge in [-0.25, -0.2) is 4.98 Å². The summed E-state index contributed by atoms with van der Waals surface area (Å²) in [7, 11) is 0. The minimum Gasteiger partial charge on any atom is -0.465 e. The molecular weight excluding hydrogens is 1190 g/mol. The topological polar surface area (TPSA) is 142 Å². The average Bonchev–Trinajstić information content (AvgIpc) is 1.21. The zero-order chi connectivity index (χ0) is 75.2. The molecule has 0 N–H and O–H groups in total. The highest BCUT2D eigenvalue weighted by Crippen LogP contribution is 2.48. The predicted octanol–water partition coefficient (Wildman–Crippen LogP) is 21.3. The van der Waals surface area contributed by atoms with Crippen molar-refractivity contribution in [3.05, 3.63) is 81.8 Å². The first-order valence-corrected chi connectivity index (χ1v) is 35.3. The molecule has 0 amide bonds. The molecule has 0 spiro atoms. The number of imidazole rings is 1. The van der Waals surface area contributed by atoms with E-state index >= 15 is 0 Å². The van der Waals surface area contributed by atoms with Crippen LogP contribution in [0.5, 0.6) is 0 Å². The summed E-state index contributed by atoms with van der Waals surface area (Å²) in [6.07, 6.45) is 7.86. The Hall–Kier alpha value is -4.72. The van der Waals surface area contributed by atoms with Crippen LogP contribution in [0.15, 0.2) is 47.6 Å². The molecule has 2 atom stereocenters. The van der Waals surface area contributed by atoms with Gasteiger partial charge in [0.25, 0.3) is 0 Å². The zero-order valence-electron chi connectivity index (χ0n) is 68.7. The van der Waals surface area contributed by atoms with Crippen LogP contribution < -0.4 is 0 Å². The molecule has 3 aromatic rings. The molecular formula is C80H141N7O6S. The minimum absolute atomic E-state index is 0.0266. The van der Waals surface area contributed by atoms with Crippen molar-refractivity contribution in [2.75, 3.05) is 0 Å². The first-order chi connectivity index (χ1) is 40.9. The maximum Gasteiger partial charge on any atom is 0.232 e. The summed E-state index contributed by atoms with van der Waals surface area (Å²) in [6, 6.07) is 4.03. The van der Waals surface area contributed by atoms with Crippen LogP contribution in [0, 0.1) is 38.4 Å². The van der Waals surface area contributed by atoms with Crippen molar-refractivity contribution in [3.63, 3.8) is 0 Å². The second-order valence-corrected chi connectivity index (χ2v) is 42.0. The Morgan fingerprint density at radius 2 is 0.840 bits per heavy atom. The lowest BCUT2D eigenvalue weighted by atomic mass is 9.86. The van der Waals surface area contributed by atoms with Crippen LogP contribution in [0.1, 0.15) is 353 Å². The molecule has 5 heterocycles. The molecule has 13 nitrogen and oxygen atoms in total. The summed E-state index contributed by atoms with van der Waals surface area (Å²) in [5, 5.41) is 4.59. The van der Waals surface area contributed by atoms with Gasteiger partial charge in [0.05, 0.1) is 22.6 Å². The van der Waals surface area contributed by atoms with Crippen molar-refractivity contribution < 1.29 is 28.7 Å². The van der Waals surface area contributed by atoms with Crippen LogP contribution in [0.2, 0.25) is 0 Å². The maximum atomic E-state index is 12.7. The van der Waals surface area contributed by atoms with Crippen LogP contribution in [0.3, 0.4) is 0 Å². The third-order valence-corrected chi connectivity index (χ3v) is 17.4. The van der Waals surface area contributed by atoms with E-state index in [1.54, 1.807) is 11.8 Å². The Bertz CT molecular complexity index is 2990. The van der Waals surface area contributed by atoms with Crippen molar-refractivity contribution in [3.8, 4) is 0 Å². The molecule has 0 aromatic carbocycles.